The van der Waals surface area contributed by atoms with Crippen molar-refractivity contribution in [1.29, 1.82) is 0 Å². The second kappa shape index (κ2) is 3.65. The molecular formula is C7H9N7S. The Labute approximate surface area is 89.5 Å². The van der Waals surface area contributed by atoms with Crippen molar-refractivity contribution < 1.29 is 0 Å². The van der Waals surface area contributed by atoms with Gasteiger partial charge in [0.1, 0.15) is 17.5 Å². The summed E-state index contributed by atoms with van der Waals surface area (Å²) in [6, 6.07) is 1.49. The average molecular weight is 223 g/mol. The summed E-state index contributed by atoms with van der Waals surface area (Å²) < 4.78 is 0. The second-order valence-electron chi connectivity index (χ2n) is 2.75. The molecule has 0 spiro atoms. The van der Waals surface area contributed by atoms with Gasteiger partial charge in [-0.2, -0.15) is 5.10 Å². The maximum Gasteiger partial charge on any atom is 0.196 e. The summed E-state index contributed by atoms with van der Waals surface area (Å²) in [6.07, 6.45) is 1.59. The monoisotopic (exact) mass is 223 g/mol. The number of nitrogen functional groups attached to an aromatic ring is 3. The molecule has 0 aliphatic heterocycles. The van der Waals surface area contributed by atoms with Gasteiger partial charge in [-0.05, 0) is 11.8 Å². The standard InChI is InChI=1S/C7H9N7S/c8-4-1-5(9)13-7(12-4)15-3-2-11-14-6(3)10/h1-2H,(H3,10,11,14)(H4,8,9,12,13). The topological polar surface area (TPSA) is 133 Å². The van der Waals surface area contributed by atoms with Crippen LogP contribution in [0.2, 0.25) is 0 Å². The molecule has 0 atom stereocenters. The molecule has 2 aromatic rings. The lowest BCUT2D eigenvalue weighted by molar-refractivity contribution is 0.985. The minimum atomic E-state index is 0.326. The van der Waals surface area contributed by atoms with Gasteiger partial charge in [-0.25, -0.2) is 9.97 Å². The number of H-pyrrole nitrogens is 1. The average Bonchev–Trinajstić information content (AvgIpc) is 2.50. The van der Waals surface area contributed by atoms with E-state index in [-0.39, 0.29) is 0 Å². The lowest BCUT2D eigenvalue weighted by Crippen LogP contribution is -1.99. The molecule has 78 valence electrons. The van der Waals surface area contributed by atoms with Crippen LogP contribution in [-0.2, 0) is 0 Å². The Morgan fingerprint density at radius 2 is 1.80 bits per heavy atom. The summed E-state index contributed by atoms with van der Waals surface area (Å²) in [5.74, 6) is 1.11. The van der Waals surface area contributed by atoms with Gasteiger partial charge in [0.05, 0.1) is 11.1 Å². The molecule has 0 saturated heterocycles. The zero-order chi connectivity index (χ0) is 10.8. The van der Waals surface area contributed by atoms with Gasteiger partial charge >= 0.3 is 0 Å². The highest BCUT2D eigenvalue weighted by Gasteiger charge is 2.07. The van der Waals surface area contributed by atoms with Gasteiger partial charge in [0.15, 0.2) is 5.16 Å². The van der Waals surface area contributed by atoms with Crippen LogP contribution in [-0.4, -0.2) is 20.2 Å². The molecule has 0 bridgehead atoms. The smallest absolute Gasteiger partial charge is 0.196 e. The number of nitrogens with zero attached hydrogens (tertiary/aromatic N) is 3. The van der Waals surface area contributed by atoms with E-state index in [0.29, 0.717) is 22.6 Å². The summed E-state index contributed by atoms with van der Waals surface area (Å²) in [4.78, 5) is 8.74. The first-order valence-electron chi connectivity index (χ1n) is 4.02. The Hall–Kier alpha value is -1.96. The minimum Gasteiger partial charge on any atom is -0.383 e. The summed E-state index contributed by atoms with van der Waals surface area (Å²) in [7, 11) is 0. The quantitative estimate of drug-likeness (QED) is 0.530. The van der Waals surface area contributed by atoms with Gasteiger partial charge in [0.2, 0.25) is 0 Å². The van der Waals surface area contributed by atoms with Gasteiger partial charge in [-0.3, -0.25) is 5.10 Å². The molecule has 7 nitrogen and oxygen atoms in total. The van der Waals surface area contributed by atoms with E-state index in [2.05, 4.69) is 20.2 Å². The van der Waals surface area contributed by atoms with Crippen molar-refractivity contribution in [3.63, 3.8) is 0 Å². The van der Waals surface area contributed by atoms with Gasteiger partial charge in [-0.1, -0.05) is 0 Å². The molecule has 0 fully saturated rings. The van der Waals surface area contributed by atoms with E-state index in [0.717, 1.165) is 4.90 Å². The zero-order valence-corrected chi connectivity index (χ0v) is 8.45. The maximum atomic E-state index is 5.61. The molecule has 0 aliphatic rings. The van der Waals surface area contributed by atoms with Gasteiger partial charge < -0.3 is 17.2 Å². The van der Waals surface area contributed by atoms with E-state index < -0.39 is 0 Å². The molecule has 0 amide bonds. The van der Waals surface area contributed by atoms with Crippen molar-refractivity contribution in [2.45, 2.75) is 10.1 Å². The van der Waals surface area contributed by atoms with Gasteiger partial charge in [0.25, 0.3) is 0 Å². The van der Waals surface area contributed by atoms with Crippen LogP contribution in [0, 0.1) is 0 Å². The van der Waals surface area contributed by atoms with Crippen LogP contribution < -0.4 is 17.2 Å². The van der Waals surface area contributed by atoms with Crippen LogP contribution in [0.15, 0.2) is 22.3 Å². The third-order valence-corrected chi connectivity index (χ3v) is 2.49. The lowest BCUT2D eigenvalue weighted by Gasteiger charge is -2.00. The number of nitrogens with two attached hydrogens (primary N) is 3. The summed E-state index contributed by atoms with van der Waals surface area (Å²) in [5.41, 5.74) is 16.7. The molecule has 2 aromatic heterocycles. The van der Waals surface area contributed by atoms with E-state index >= 15 is 0 Å². The fourth-order valence-electron chi connectivity index (χ4n) is 0.972. The molecule has 0 aromatic carbocycles. The summed E-state index contributed by atoms with van der Waals surface area (Å²) in [6.45, 7) is 0. The van der Waals surface area contributed by atoms with Crippen molar-refractivity contribution in [3.05, 3.63) is 12.3 Å². The van der Waals surface area contributed by atoms with Gasteiger partial charge in [0, 0.05) is 6.07 Å². The minimum absolute atomic E-state index is 0.326. The highest BCUT2D eigenvalue weighted by molar-refractivity contribution is 7.99. The normalized spacial score (nSPS) is 10.4. The Kier molecular flexibility index (Phi) is 2.34. The Morgan fingerprint density at radius 1 is 1.13 bits per heavy atom. The van der Waals surface area contributed by atoms with Crippen LogP contribution >= 0.6 is 11.8 Å². The van der Waals surface area contributed by atoms with Crippen LogP contribution in [0.1, 0.15) is 0 Å². The molecule has 15 heavy (non-hydrogen) atoms. The molecule has 2 heterocycles. The Bertz CT molecular complexity index is 460. The van der Waals surface area contributed by atoms with Crippen molar-refractivity contribution in [1.82, 2.24) is 20.2 Å². The van der Waals surface area contributed by atoms with Crippen LogP contribution in [0.4, 0.5) is 17.5 Å². The van der Waals surface area contributed by atoms with Crippen molar-refractivity contribution >= 4 is 29.2 Å². The van der Waals surface area contributed by atoms with Crippen molar-refractivity contribution in [3.8, 4) is 0 Å². The first kappa shape index (κ1) is 9.59. The van der Waals surface area contributed by atoms with Crippen molar-refractivity contribution in [2.75, 3.05) is 17.2 Å². The second-order valence-corrected chi connectivity index (χ2v) is 3.76. The van der Waals surface area contributed by atoms with Crippen LogP contribution in [0.3, 0.4) is 0 Å². The summed E-state index contributed by atoms with van der Waals surface area (Å²) >= 11 is 1.25. The molecule has 2 rings (SSSR count). The molecule has 0 saturated carbocycles. The van der Waals surface area contributed by atoms with E-state index in [9.17, 15) is 0 Å². The lowest BCUT2D eigenvalue weighted by atomic mass is 10.5. The first-order valence-corrected chi connectivity index (χ1v) is 4.83. The molecule has 0 radical (unpaired) electrons. The third-order valence-electron chi connectivity index (χ3n) is 1.58. The molecule has 0 unspecified atom stereocenters. The number of aromatic amines is 1. The summed E-state index contributed by atoms with van der Waals surface area (Å²) in [5, 5.41) is 6.83. The predicted molar refractivity (Wildman–Crippen MR) is 58.0 cm³/mol. The third kappa shape index (κ3) is 2.10. The molecule has 0 aliphatic carbocycles. The highest BCUT2D eigenvalue weighted by atomic mass is 32.2. The fourth-order valence-corrected chi connectivity index (χ4v) is 1.73. The fraction of sp³-hybridized carbons (Fsp3) is 0. The van der Waals surface area contributed by atoms with E-state index in [4.69, 9.17) is 17.2 Å². The van der Waals surface area contributed by atoms with Crippen LogP contribution in [0.25, 0.3) is 0 Å². The van der Waals surface area contributed by atoms with Gasteiger partial charge in [-0.15, -0.1) is 0 Å². The number of hydrogen-bond donors (Lipinski definition) is 4. The zero-order valence-electron chi connectivity index (χ0n) is 7.64. The number of rotatable bonds is 2. The Balaban J connectivity index is 2.28. The number of hydrogen-bond acceptors (Lipinski definition) is 7. The number of nitrogens with one attached hydrogen (secondary N) is 1. The maximum absolute atomic E-state index is 5.61. The molecule has 8 heteroatoms. The number of aromatic nitrogens is 4. The SMILES string of the molecule is Nc1cc(N)nc(Sc2cn[nH]c2N)n1. The number of anilines is 3. The van der Waals surface area contributed by atoms with E-state index in [1.165, 1.54) is 17.8 Å². The molecular weight excluding hydrogens is 214 g/mol. The van der Waals surface area contributed by atoms with E-state index in [1.807, 2.05) is 0 Å². The first-order chi connectivity index (χ1) is 7.15. The largest absolute Gasteiger partial charge is 0.383 e. The predicted octanol–water partition coefficient (Wildman–Crippen LogP) is 0.0975. The Morgan fingerprint density at radius 3 is 2.33 bits per heavy atom. The highest BCUT2D eigenvalue weighted by Crippen LogP contribution is 2.28. The van der Waals surface area contributed by atoms with Crippen LogP contribution in [0.5, 0.6) is 0 Å². The van der Waals surface area contributed by atoms with Crippen molar-refractivity contribution in [2.24, 2.45) is 0 Å². The van der Waals surface area contributed by atoms with E-state index in [1.54, 1.807) is 6.20 Å². The molecule has 7 N–H and O–H groups in total.